The summed E-state index contributed by atoms with van der Waals surface area (Å²) in [5, 5.41) is 3.78. The summed E-state index contributed by atoms with van der Waals surface area (Å²) in [5.41, 5.74) is 6.29. The molecule has 2 aliphatic rings. The summed E-state index contributed by atoms with van der Waals surface area (Å²) in [5.74, 6) is 1.70. The van der Waals surface area contributed by atoms with E-state index in [1.54, 1.807) is 0 Å². The number of nitrogens with two attached hydrogens (primary N) is 1. The van der Waals surface area contributed by atoms with Crippen molar-refractivity contribution in [2.75, 3.05) is 19.7 Å². The molecule has 0 aromatic heterocycles. The van der Waals surface area contributed by atoms with E-state index in [2.05, 4.69) is 19.2 Å². The van der Waals surface area contributed by atoms with Gasteiger partial charge in [0.2, 0.25) is 0 Å². The van der Waals surface area contributed by atoms with E-state index in [0.717, 1.165) is 31.5 Å². The van der Waals surface area contributed by atoms with Gasteiger partial charge < -0.3 is 15.8 Å². The van der Waals surface area contributed by atoms with Crippen LogP contribution in [0, 0.1) is 11.8 Å². The fourth-order valence-electron chi connectivity index (χ4n) is 3.69. The SMILES string of the molecule is CC(C)C1CCCC(CN)(NCC2CCCO2)CC1. The molecular weight excluding hydrogens is 236 g/mol. The van der Waals surface area contributed by atoms with Crippen molar-refractivity contribution in [1.82, 2.24) is 5.32 Å². The molecule has 0 radical (unpaired) electrons. The minimum Gasteiger partial charge on any atom is -0.377 e. The minimum absolute atomic E-state index is 0.176. The third kappa shape index (κ3) is 4.17. The lowest BCUT2D eigenvalue weighted by atomic mass is 9.86. The third-order valence-electron chi connectivity index (χ3n) is 5.29. The first-order chi connectivity index (χ1) is 9.15. The Morgan fingerprint density at radius 1 is 1.21 bits per heavy atom. The molecule has 0 amide bonds. The van der Waals surface area contributed by atoms with Crippen LogP contribution in [0.3, 0.4) is 0 Å². The van der Waals surface area contributed by atoms with Gasteiger partial charge in [-0.15, -0.1) is 0 Å². The highest BCUT2D eigenvalue weighted by atomic mass is 16.5. The molecule has 2 rings (SSSR count). The number of nitrogens with one attached hydrogen (secondary N) is 1. The molecule has 3 unspecified atom stereocenters. The molecule has 0 aromatic rings. The Bertz CT molecular complexity index is 263. The van der Waals surface area contributed by atoms with Gasteiger partial charge >= 0.3 is 0 Å². The molecule has 3 atom stereocenters. The Morgan fingerprint density at radius 2 is 2.05 bits per heavy atom. The Kier molecular flexibility index (Phi) is 5.67. The fraction of sp³-hybridized carbons (Fsp3) is 1.00. The standard InChI is InChI=1S/C16H32N2O/c1-13(2)14-5-3-8-16(12-17,9-7-14)18-11-15-6-4-10-19-15/h13-15,18H,3-12,17H2,1-2H3. The molecule has 1 heterocycles. The van der Waals surface area contributed by atoms with Gasteiger partial charge in [-0.2, -0.15) is 0 Å². The van der Waals surface area contributed by atoms with Gasteiger partial charge in [-0.1, -0.05) is 26.7 Å². The second-order valence-corrected chi connectivity index (χ2v) is 6.94. The van der Waals surface area contributed by atoms with Crippen molar-refractivity contribution in [2.24, 2.45) is 17.6 Å². The van der Waals surface area contributed by atoms with Gasteiger partial charge in [0.15, 0.2) is 0 Å². The van der Waals surface area contributed by atoms with Crippen LogP contribution in [0.2, 0.25) is 0 Å². The monoisotopic (exact) mass is 268 g/mol. The molecule has 0 bridgehead atoms. The van der Waals surface area contributed by atoms with Crippen LogP contribution in [0.15, 0.2) is 0 Å². The van der Waals surface area contributed by atoms with E-state index in [4.69, 9.17) is 10.5 Å². The Labute approximate surface area is 118 Å². The van der Waals surface area contributed by atoms with E-state index in [1.165, 1.54) is 44.9 Å². The maximum Gasteiger partial charge on any atom is 0.0700 e. The third-order valence-corrected chi connectivity index (χ3v) is 5.29. The van der Waals surface area contributed by atoms with Gasteiger partial charge in [0, 0.05) is 25.2 Å². The highest BCUT2D eigenvalue weighted by Crippen LogP contribution is 2.33. The summed E-state index contributed by atoms with van der Waals surface area (Å²) in [7, 11) is 0. The first kappa shape index (κ1) is 15.3. The van der Waals surface area contributed by atoms with Crippen LogP contribution in [-0.4, -0.2) is 31.3 Å². The molecule has 2 fully saturated rings. The Morgan fingerprint density at radius 3 is 2.68 bits per heavy atom. The predicted octanol–water partition coefficient (Wildman–Crippen LogP) is 2.69. The Hall–Kier alpha value is -0.120. The highest BCUT2D eigenvalue weighted by Gasteiger charge is 2.33. The summed E-state index contributed by atoms with van der Waals surface area (Å²) in [6.45, 7) is 7.42. The van der Waals surface area contributed by atoms with Gasteiger partial charge in [0.05, 0.1) is 6.10 Å². The first-order valence-corrected chi connectivity index (χ1v) is 8.22. The van der Waals surface area contributed by atoms with Gasteiger partial charge in [0.25, 0.3) is 0 Å². The summed E-state index contributed by atoms with van der Waals surface area (Å²) in [6, 6.07) is 0. The quantitative estimate of drug-likeness (QED) is 0.754. The van der Waals surface area contributed by atoms with Gasteiger partial charge in [-0.05, 0) is 43.9 Å². The van der Waals surface area contributed by atoms with Crippen LogP contribution in [0.25, 0.3) is 0 Å². The summed E-state index contributed by atoms with van der Waals surface area (Å²) < 4.78 is 5.72. The average Bonchev–Trinajstić information content (AvgIpc) is 2.82. The summed E-state index contributed by atoms with van der Waals surface area (Å²) >= 11 is 0. The van der Waals surface area contributed by atoms with E-state index in [9.17, 15) is 0 Å². The van der Waals surface area contributed by atoms with E-state index < -0.39 is 0 Å². The molecule has 19 heavy (non-hydrogen) atoms. The normalized spacial score (nSPS) is 36.6. The van der Waals surface area contributed by atoms with Crippen molar-refractivity contribution in [1.29, 1.82) is 0 Å². The second-order valence-electron chi connectivity index (χ2n) is 6.94. The smallest absolute Gasteiger partial charge is 0.0700 e. The molecule has 3 nitrogen and oxygen atoms in total. The van der Waals surface area contributed by atoms with Gasteiger partial charge in [0.1, 0.15) is 0 Å². The minimum atomic E-state index is 0.176. The first-order valence-electron chi connectivity index (χ1n) is 8.22. The summed E-state index contributed by atoms with van der Waals surface area (Å²) in [4.78, 5) is 0. The molecule has 3 N–H and O–H groups in total. The molecule has 3 heteroatoms. The van der Waals surface area contributed by atoms with Crippen molar-refractivity contribution in [3.05, 3.63) is 0 Å². The van der Waals surface area contributed by atoms with Crippen LogP contribution in [0.1, 0.15) is 58.8 Å². The molecule has 0 aromatic carbocycles. The largest absolute Gasteiger partial charge is 0.377 e. The molecule has 1 saturated carbocycles. The van der Waals surface area contributed by atoms with Crippen molar-refractivity contribution < 1.29 is 4.74 Å². The zero-order valence-electron chi connectivity index (χ0n) is 12.8. The van der Waals surface area contributed by atoms with Gasteiger partial charge in [-0.25, -0.2) is 0 Å². The van der Waals surface area contributed by atoms with Crippen molar-refractivity contribution >= 4 is 0 Å². The topological polar surface area (TPSA) is 47.3 Å². The highest BCUT2D eigenvalue weighted by molar-refractivity contribution is 4.93. The molecule has 0 spiro atoms. The van der Waals surface area contributed by atoms with Crippen LogP contribution in [-0.2, 0) is 4.74 Å². The maximum absolute atomic E-state index is 6.11. The zero-order valence-corrected chi connectivity index (χ0v) is 12.8. The van der Waals surface area contributed by atoms with Crippen LogP contribution >= 0.6 is 0 Å². The van der Waals surface area contributed by atoms with Crippen LogP contribution in [0.4, 0.5) is 0 Å². The van der Waals surface area contributed by atoms with Crippen molar-refractivity contribution in [3.63, 3.8) is 0 Å². The summed E-state index contributed by atoms with van der Waals surface area (Å²) in [6.07, 6.45) is 9.35. The van der Waals surface area contributed by atoms with Gasteiger partial charge in [-0.3, -0.25) is 0 Å². The number of hydrogen-bond acceptors (Lipinski definition) is 3. The lowest BCUT2D eigenvalue weighted by molar-refractivity contribution is 0.0986. The molecule has 112 valence electrons. The Balaban J connectivity index is 1.86. The van der Waals surface area contributed by atoms with Crippen molar-refractivity contribution in [2.45, 2.75) is 70.4 Å². The maximum atomic E-state index is 6.11. The van der Waals surface area contributed by atoms with E-state index in [1.807, 2.05) is 0 Å². The lowest BCUT2D eigenvalue weighted by Gasteiger charge is -2.34. The van der Waals surface area contributed by atoms with Crippen LogP contribution in [0.5, 0.6) is 0 Å². The lowest BCUT2D eigenvalue weighted by Crippen LogP contribution is -2.53. The molecule has 1 saturated heterocycles. The van der Waals surface area contributed by atoms with Crippen molar-refractivity contribution in [3.8, 4) is 0 Å². The van der Waals surface area contributed by atoms with E-state index in [0.29, 0.717) is 6.10 Å². The van der Waals surface area contributed by atoms with Crippen LogP contribution < -0.4 is 11.1 Å². The zero-order chi connectivity index (χ0) is 13.7. The van der Waals surface area contributed by atoms with E-state index in [-0.39, 0.29) is 5.54 Å². The fourth-order valence-corrected chi connectivity index (χ4v) is 3.69. The number of ether oxygens (including phenoxy) is 1. The van der Waals surface area contributed by atoms with E-state index >= 15 is 0 Å². The molecule has 1 aliphatic carbocycles. The number of rotatable bonds is 5. The second kappa shape index (κ2) is 7.05. The average molecular weight is 268 g/mol. The molecule has 1 aliphatic heterocycles. The number of hydrogen-bond donors (Lipinski definition) is 2. The molecular formula is C16H32N2O. The predicted molar refractivity (Wildman–Crippen MR) is 80.2 cm³/mol.